The molecule has 0 aromatic heterocycles. The van der Waals surface area contributed by atoms with Gasteiger partial charge in [0.2, 0.25) is 0 Å². The Morgan fingerprint density at radius 1 is 1.07 bits per heavy atom. The zero-order chi connectivity index (χ0) is 10.4. The van der Waals surface area contributed by atoms with Crippen LogP contribution in [0.1, 0.15) is 24.3 Å². The summed E-state index contributed by atoms with van der Waals surface area (Å²) in [6, 6.07) is 7.52. The number of phenols is 1. The summed E-state index contributed by atoms with van der Waals surface area (Å²) in [5.74, 6) is 2.21. The first-order valence-corrected chi connectivity index (χ1v) is 5.42. The second-order valence-electron chi connectivity index (χ2n) is 4.60. The molecule has 0 saturated heterocycles. The predicted molar refractivity (Wildman–Crippen MR) is 57.8 cm³/mol. The smallest absolute Gasteiger partial charge is 0.115 e. The molecule has 0 radical (unpaired) electrons. The van der Waals surface area contributed by atoms with Crippen LogP contribution in [0.4, 0.5) is 0 Å². The number of allylic oxidation sites excluding steroid dienone is 1. The molecule has 0 aliphatic heterocycles. The molecule has 0 heterocycles. The van der Waals surface area contributed by atoms with Crippen molar-refractivity contribution in [3.63, 3.8) is 0 Å². The Bertz CT molecular complexity index is 391. The van der Waals surface area contributed by atoms with Gasteiger partial charge in [-0.3, -0.25) is 0 Å². The highest BCUT2D eigenvalue weighted by molar-refractivity contribution is 5.37. The van der Waals surface area contributed by atoms with Gasteiger partial charge in [-0.15, -0.1) is 0 Å². The summed E-state index contributed by atoms with van der Waals surface area (Å²) in [6.45, 7) is 0. The number of aromatic hydroxyl groups is 1. The molecular weight excluding hydrogens is 188 g/mol. The van der Waals surface area contributed by atoms with Gasteiger partial charge in [-0.1, -0.05) is 12.1 Å². The summed E-state index contributed by atoms with van der Waals surface area (Å²) in [7, 11) is 0. The Hall–Kier alpha value is -1.44. The molecule has 2 heteroatoms. The van der Waals surface area contributed by atoms with Crippen LogP contribution in [0, 0.1) is 11.8 Å². The molecule has 2 fully saturated rings. The Morgan fingerprint density at radius 2 is 1.67 bits per heavy atom. The van der Waals surface area contributed by atoms with Crippen LogP contribution in [-0.4, -0.2) is 10.2 Å². The van der Waals surface area contributed by atoms with E-state index in [9.17, 15) is 5.11 Å². The molecule has 0 spiro atoms. The van der Waals surface area contributed by atoms with Crippen molar-refractivity contribution < 1.29 is 10.2 Å². The minimum atomic E-state index is 0.331. The maximum Gasteiger partial charge on any atom is 0.115 e. The van der Waals surface area contributed by atoms with Crippen LogP contribution >= 0.6 is 0 Å². The standard InChI is InChI=1S/C13H14O2/c14-7-13-11-5-9(6-12(11)13)8-1-3-10(15)4-2-8/h1-4,7,9,11-12,14-15H,5-6H2. The SMILES string of the molecule is OC=C1C2CC(c3ccc(O)cc3)CC12. The lowest BCUT2D eigenvalue weighted by atomic mass is 9.93. The van der Waals surface area contributed by atoms with Crippen LogP contribution in [0.3, 0.4) is 0 Å². The lowest BCUT2D eigenvalue weighted by Crippen LogP contribution is -1.95. The van der Waals surface area contributed by atoms with E-state index < -0.39 is 0 Å². The highest BCUT2D eigenvalue weighted by atomic mass is 16.3. The number of aliphatic hydroxyl groups is 1. The third kappa shape index (κ3) is 1.32. The summed E-state index contributed by atoms with van der Waals surface area (Å²) < 4.78 is 0. The van der Waals surface area contributed by atoms with E-state index in [0.29, 0.717) is 23.5 Å². The van der Waals surface area contributed by atoms with Crippen molar-refractivity contribution in [3.8, 4) is 5.75 Å². The number of hydrogen-bond acceptors (Lipinski definition) is 2. The highest BCUT2D eigenvalue weighted by Gasteiger charge is 2.51. The minimum Gasteiger partial charge on any atom is -0.516 e. The van der Waals surface area contributed by atoms with Gasteiger partial charge in [0.25, 0.3) is 0 Å². The summed E-state index contributed by atoms with van der Waals surface area (Å²) >= 11 is 0. The molecular formula is C13H14O2. The van der Waals surface area contributed by atoms with Crippen molar-refractivity contribution in [2.45, 2.75) is 18.8 Å². The van der Waals surface area contributed by atoms with E-state index in [1.54, 1.807) is 12.1 Å². The molecule has 2 unspecified atom stereocenters. The summed E-state index contributed by atoms with van der Waals surface area (Å²) in [4.78, 5) is 0. The summed E-state index contributed by atoms with van der Waals surface area (Å²) in [6.07, 6.45) is 3.60. The van der Waals surface area contributed by atoms with E-state index in [1.807, 2.05) is 12.1 Å². The van der Waals surface area contributed by atoms with Crippen molar-refractivity contribution in [3.05, 3.63) is 41.7 Å². The first-order chi connectivity index (χ1) is 7.29. The van der Waals surface area contributed by atoms with Gasteiger partial charge in [0, 0.05) is 0 Å². The molecule has 0 bridgehead atoms. The fourth-order valence-electron chi connectivity index (χ4n) is 2.92. The van der Waals surface area contributed by atoms with Crippen LogP contribution in [0.5, 0.6) is 5.75 Å². The van der Waals surface area contributed by atoms with E-state index in [2.05, 4.69) is 0 Å². The molecule has 0 amide bonds. The van der Waals surface area contributed by atoms with Crippen molar-refractivity contribution in [1.29, 1.82) is 0 Å². The maximum absolute atomic E-state index is 9.20. The molecule has 2 nitrogen and oxygen atoms in total. The predicted octanol–water partition coefficient (Wildman–Crippen LogP) is 2.96. The van der Waals surface area contributed by atoms with Gasteiger partial charge in [-0.05, 0) is 53.9 Å². The van der Waals surface area contributed by atoms with E-state index >= 15 is 0 Å². The largest absolute Gasteiger partial charge is 0.516 e. The van der Waals surface area contributed by atoms with Gasteiger partial charge < -0.3 is 10.2 Å². The number of fused-ring (bicyclic) bond motifs is 1. The lowest BCUT2D eigenvalue weighted by Gasteiger charge is -2.12. The second-order valence-corrected chi connectivity index (χ2v) is 4.60. The fraction of sp³-hybridized carbons (Fsp3) is 0.385. The van der Waals surface area contributed by atoms with Gasteiger partial charge in [0.15, 0.2) is 0 Å². The Morgan fingerprint density at radius 3 is 2.20 bits per heavy atom. The quantitative estimate of drug-likeness (QED) is 0.687. The number of benzene rings is 1. The zero-order valence-corrected chi connectivity index (χ0v) is 8.43. The molecule has 15 heavy (non-hydrogen) atoms. The normalized spacial score (nSPS) is 32.5. The average Bonchev–Trinajstić information content (AvgIpc) is 2.72. The number of rotatable bonds is 1. The van der Waals surface area contributed by atoms with Crippen molar-refractivity contribution in [1.82, 2.24) is 0 Å². The Labute approximate surface area is 88.9 Å². The molecule has 1 aromatic carbocycles. The van der Waals surface area contributed by atoms with Crippen molar-refractivity contribution >= 4 is 0 Å². The van der Waals surface area contributed by atoms with Gasteiger partial charge in [0.1, 0.15) is 5.75 Å². The molecule has 1 aromatic rings. The number of aliphatic hydroxyl groups excluding tert-OH is 1. The van der Waals surface area contributed by atoms with Gasteiger partial charge in [-0.2, -0.15) is 0 Å². The summed E-state index contributed by atoms with van der Waals surface area (Å²) in [5, 5.41) is 18.1. The van der Waals surface area contributed by atoms with E-state index in [4.69, 9.17) is 5.11 Å². The Balaban J connectivity index is 1.75. The summed E-state index contributed by atoms with van der Waals surface area (Å²) in [5.41, 5.74) is 2.56. The van der Waals surface area contributed by atoms with Crippen molar-refractivity contribution in [2.24, 2.45) is 11.8 Å². The Kier molecular flexibility index (Phi) is 1.78. The van der Waals surface area contributed by atoms with Crippen LogP contribution in [-0.2, 0) is 0 Å². The first kappa shape index (κ1) is 8.84. The van der Waals surface area contributed by atoms with E-state index in [-0.39, 0.29) is 0 Å². The van der Waals surface area contributed by atoms with Gasteiger partial charge >= 0.3 is 0 Å². The third-order valence-corrected chi connectivity index (χ3v) is 3.82. The van der Waals surface area contributed by atoms with Crippen LogP contribution in [0.25, 0.3) is 0 Å². The zero-order valence-electron chi connectivity index (χ0n) is 8.43. The molecule has 2 N–H and O–H groups in total. The van der Waals surface area contributed by atoms with Crippen LogP contribution in [0.15, 0.2) is 36.1 Å². The van der Waals surface area contributed by atoms with Crippen LogP contribution in [0.2, 0.25) is 0 Å². The minimum absolute atomic E-state index is 0.331. The second kappa shape index (κ2) is 3.02. The highest BCUT2D eigenvalue weighted by Crippen LogP contribution is 2.61. The molecule has 2 saturated carbocycles. The van der Waals surface area contributed by atoms with Crippen molar-refractivity contribution in [2.75, 3.05) is 0 Å². The van der Waals surface area contributed by atoms with Gasteiger partial charge in [0.05, 0.1) is 6.26 Å². The van der Waals surface area contributed by atoms with Gasteiger partial charge in [-0.25, -0.2) is 0 Å². The number of phenolic OH excluding ortho intramolecular Hbond substituents is 1. The molecule has 3 rings (SSSR count). The molecule has 2 aliphatic rings. The molecule has 78 valence electrons. The third-order valence-electron chi connectivity index (χ3n) is 3.82. The maximum atomic E-state index is 9.20. The first-order valence-electron chi connectivity index (χ1n) is 5.42. The van der Waals surface area contributed by atoms with E-state index in [0.717, 1.165) is 12.8 Å². The monoisotopic (exact) mass is 202 g/mol. The topological polar surface area (TPSA) is 40.5 Å². The molecule has 2 aliphatic carbocycles. The molecule has 2 atom stereocenters. The van der Waals surface area contributed by atoms with Crippen LogP contribution < -0.4 is 0 Å². The average molecular weight is 202 g/mol. The lowest BCUT2D eigenvalue weighted by molar-refractivity contribution is 0.466. The number of hydrogen-bond donors (Lipinski definition) is 2. The van der Waals surface area contributed by atoms with E-state index in [1.165, 1.54) is 17.4 Å². The fourth-order valence-corrected chi connectivity index (χ4v) is 2.92.